The number of carbonyl (C=O) groups excluding carboxylic acids is 1. The Morgan fingerprint density at radius 3 is 2.92 bits per heavy atom. The van der Waals surface area contributed by atoms with E-state index in [1.807, 2.05) is 6.92 Å². The first-order valence-electron chi connectivity index (χ1n) is 8.95. The van der Waals surface area contributed by atoms with Gasteiger partial charge >= 0.3 is 0 Å². The van der Waals surface area contributed by atoms with Crippen molar-refractivity contribution in [2.45, 2.75) is 57.7 Å². The second kappa shape index (κ2) is 7.84. The van der Waals surface area contributed by atoms with Gasteiger partial charge in [0.25, 0.3) is 0 Å². The summed E-state index contributed by atoms with van der Waals surface area (Å²) in [6, 6.07) is 1.08. The molecule has 25 heavy (non-hydrogen) atoms. The lowest BCUT2D eigenvalue weighted by atomic mass is 10.1. The molecular formula is C16H26N4O4S. The molecule has 2 saturated heterocycles. The molecule has 140 valence electrons. The fourth-order valence-electron chi connectivity index (χ4n) is 3.44. The molecule has 9 heteroatoms. The predicted octanol–water partition coefficient (Wildman–Crippen LogP) is 0.887. The van der Waals surface area contributed by atoms with Gasteiger partial charge in [0.1, 0.15) is 11.9 Å². The summed E-state index contributed by atoms with van der Waals surface area (Å²) < 4.78 is 34.5. The quantitative estimate of drug-likeness (QED) is 0.769. The van der Waals surface area contributed by atoms with Crippen molar-refractivity contribution < 1.29 is 17.9 Å². The Labute approximate surface area is 148 Å². The Bertz CT molecular complexity index is 697. The molecule has 0 aromatic carbocycles. The van der Waals surface area contributed by atoms with Crippen LogP contribution >= 0.6 is 0 Å². The molecule has 2 aliphatic rings. The van der Waals surface area contributed by atoms with E-state index < -0.39 is 16.1 Å². The Hall–Kier alpha value is -1.45. The van der Waals surface area contributed by atoms with Gasteiger partial charge in [-0.05, 0) is 39.0 Å². The zero-order valence-corrected chi connectivity index (χ0v) is 15.4. The molecular weight excluding hydrogens is 344 g/mol. The van der Waals surface area contributed by atoms with Gasteiger partial charge in [-0.3, -0.25) is 9.69 Å². The number of hydrogen-bond acceptors (Lipinski definition) is 5. The lowest BCUT2D eigenvalue weighted by Gasteiger charge is -2.32. The average molecular weight is 370 g/mol. The summed E-state index contributed by atoms with van der Waals surface area (Å²) in [5.74, 6) is 0.506. The van der Waals surface area contributed by atoms with E-state index in [4.69, 9.17) is 4.74 Å². The predicted molar refractivity (Wildman–Crippen MR) is 93.8 cm³/mol. The molecule has 0 unspecified atom stereocenters. The number of nitrogens with one attached hydrogen (secondary N) is 1. The summed E-state index contributed by atoms with van der Waals surface area (Å²) in [6.07, 6.45) is 5.32. The fourth-order valence-corrected chi connectivity index (χ4v) is 4.79. The number of piperidine rings is 1. The average Bonchev–Trinajstić information content (AvgIpc) is 3.26. The van der Waals surface area contributed by atoms with Crippen LogP contribution in [-0.4, -0.2) is 55.2 Å². The molecule has 3 rings (SSSR count). The molecule has 1 amide bonds. The molecule has 0 spiro atoms. The van der Waals surface area contributed by atoms with Gasteiger partial charge in [0.05, 0.1) is 18.1 Å². The number of carbonyl (C=O) groups is 1. The Morgan fingerprint density at radius 2 is 2.20 bits per heavy atom. The molecule has 0 bridgehead atoms. The highest BCUT2D eigenvalue weighted by molar-refractivity contribution is 7.89. The van der Waals surface area contributed by atoms with Gasteiger partial charge in [0.2, 0.25) is 15.9 Å². The van der Waals surface area contributed by atoms with E-state index in [2.05, 4.69) is 9.82 Å². The van der Waals surface area contributed by atoms with Crippen molar-refractivity contribution in [3.05, 3.63) is 12.3 Å². The van der Waals surface area contributed by atoms with E-state index in [9.17, 15) is 13.2 Å². The summed E-state index contributed by atoms with van der Waals surface area (Å²) in [6.45, 7) is 3.90. The number of nitrogens with zero attached hydrogens (tertiary/aromatic N) is 3. The second-order valence-electron chi connectivity index (χ2n) is 6.55. The highest BCUT2D eigenvalue weighted by Crippen LogP contribution is 2.22. The minimum atomic E-state index is -3.51. The number of aryl methyl sites for hydroxylation is 1. The third kappa shape index (κ3) is 4.39. The Kier molecular flexibility index (Phi) is 5.75. The standard InChI is InChI=1S/C16H26N4O4S/c1-2-20-15(7-9-17-20)19-10-3-6-14(16(19)21)18-25(22,23)12-8-13-5-4-11-24-13/h7,9,13-14,18H,2-6,8,10-12H2,1H3/t13-,14+/m0/s1. The van der Waals surface area contributed by atoms with Crippen LogP contribution in [0.25, 0.3) is 0 Å². The van der Waals surface area contributed by atoms with Crippen molar-refractivity contribution in [3.8, 4) is 0 Å². The van der Waals surface area contributed by atoms with Crippen molar-refractivity contribution in [2.24, 2.45) is 0 Å². The van der Waals surface area contributed by atoms with Crippen molar-refractivity contribution in [1.82, 2.24) is 14.5 Å². The maximum absolute atomic E-state index is 12.8. The first kappa shape index (κ1) is 18.3. The number of ether oxygens (including phenoxy) is 1. The van der Waals surface area contributed by atoms with Crippen LogP contribution < -0.4 is 9.62 Å². The number of sulfonamides is 1. The first-order chi connectivity index (χ1) is 12.0. The molecule has 2 fully saturated rings. The summed E-state index contributed by atoms with van der Waals surface area (Å²) in [5.41, 5.74) is 0. The van der Waals surface area contributed by atoms with Crippen LogP contribution in [0.1, 0.15) is 39.0 Å². The van der Waals surface area contributed by atoms with E-state index in [1.165, 1.54) is 0 Å². The maximum atomic E-state index is 12.8. The van der Waals surface area contributed by atoms with Gasteiger partial charge in [0.15, 0.2) is 0 Å². The largest absolute Gasteiger partial charge is 0.378 e. The van der Waals surface area contributed by atoms with Crippen molar-refractivity contribution in [2.75, 3.05) is 23.8 Å². The minimum absolute atomic E-state index is 0.00562. The van der Waals surface area contributed by atoms with Crippen LogP contribution in [0, 0.1) is 0 Å². The molecule has 2 aliphatic heterocycles. The van der Waals surface area contributed by atoms with Gasteiger partial charge in [-0.15, -0.1) is 0 Å². The zero-order valence-electron chi connectivity index (χ0n) is 14.6. The highest BCUT2D eigenvalue weighted by atomic mass is 32.2. The van der Waals surface area contributed by atoms with Crippen molar-refractivity contribution >= 4 is 21.7 Å². The lowest BCUT2D eigenvalue weighted by Crippen LogP contribution is -2.53. The first-order valence-corrected chi connectivity index (χ1v) is 10.6. The van der Waals surface area contributed by atoms with E-state index >= 15 is 0 Å². The minimum Gasteiger partial charge on any atom is -0.378 e. The van der Waals surface area contributed by atoms with Crippen LogP contribution in [0.3, 0.4) is 0 Å². The highest BCUT2D eigenvalue weighted by Gasteiger charge is 2.34. The van der Waals surface area contributed by atoms with Crippen LogP contribution in [0.2, 0.25) is 0 Å². The summed E-state index contributed by atoms with van der Waals surface area (Å²) in [5, 5.41) is 4.19. The second-order valence-corrected chi connectivity index (χ2v) is 8.42. The smallest absolute Gasteiger partial charge is 0.246 e. The van der Waals surface area contributed by atoms with Crippen LogP contribution in [0.4, 0.5) is 5.82 Å². The van der Waals surface area contributed by atoms with E-state index in [0.717, 1.165) is 25.1 Å². The Morgan fingerprint density at radius 1 is 1.36 bits per heavy atom. The molecule has 0 aliphatic carbocycles. The molecule has 1 aromatic heterocycles. The number of aromatic nitrogens is 2. The van der Waals surface area contributed by atoms with Crippen molar-refractivity contribution in [1.29, 1.82) is 0 Å². The maximum Gasteiger partial charge on any atom is 0.246 e. The normalized spacial score (nSPS) is 24.8. The number of hydrogen-bond donors (Lipinski definition) is 1. The molecule has 1 aromatic rings. The van der Waals surface area contributed by atoms with E-state index in [-0.39, 0.29) is 17.8 Å². The van der Waals surface area contributed by atoms with Crippen molar-refractivity contribution in [3.63, 3.8) is 0 Å². The van der Waals surface area contributed by atoms with Crippen LogP contribution in [0.5, 0.6) is 0 Å². The topological polar surface area (TPSA) is 93.5 Å². The molecule has 1 N–H and O–H groups in total. The van der Waals surface area contributed by atoms with Gasteiger partial charge in [-0.2, -0.15) is 5.10 Å². The monoisotopic (exact) mass is 370 g/mol. The Balaban J connectivity index is 1.62. The summed E-state index contributed by atoms with van der Waals surface area (Å²) in [7, 11) is -3.51. The molecule has 0 saturated carbocycles. The van der Waals surface area contributed by atoms with E-state index in [1.54, 1.807) is 21.8 Å². The zero-order chi connectivity index (χ0) is 17.9. The molecule has 8 nitrogen and oxygen atoms in total. The van der Waals surface area contributed by atoms with Crippen LogP contribution in [-0.2, 0) is 26.1 Å². The summed E-state index contributed by atoms with van der Waals surface area (Å²) >= 11 is 0. The van der Waals surface area contributed by atoms with Gasteiger partial charge in [-0.25, -0.2) is 17.8 Å². The number of amides is 1. The number of anilines is 1. The fraction of sp³-hybridized carbons (Fsp3) is 0.750. The molecule has 0 radical (unpaired) electrons. The third-order valence-corrected chi connectivity index (χ3v) is 6.18. The van der Waals surface area contributed by atoms with Gasteiger partial charge in [0, 0.05) is 25.8 Å². The van der Waals surface area contributed by atoms with Gasteiger partial charge < -0.3 is 4.74 Å². The molecule has 2 atom stereocenters. The van der Waals surface area contributed by atoms with Crippen LogP contribution in [0.15, 0.2) is 12.3 Å². The van der Waals surface area contributed by atoms with Gasteiger partial charge in [-0.1, -0.05) is 0 Å². The number of rotatable bonds is 7. The summed E-state index contributed by atoms with van der Waals surface area (Å²) in [4.78, 5) is 14.4. The van der Waals surface area contributed by atoms with E-state index in [0.29, 0.717) is 32.5 Å². The lowest BCUT2D eigenvalue weighted by molar-refractivity contribution is -0.121. The molecule has 3 heterocycles. The third-order valence-electron chi connectivity index (χ3n) is 4.76. The SMILES string of the molecule is CCn1nccc1N1CCC[C@@H](NS(=O)(=O)CC[C@@H]2CCCO2)C1=O.